The Labute approximate surface area is 110 Å². The molecule has 0 aromatic heterocycles. The van der Waals surface area contributed by atoms with Gasteiger partial charge in [-0.3, -0.25) is 24.6 Å². The molecule has 1 atom stereocenters. The minimum absolute atomic E-state index is 0.0739. The fourth-order valence-electron chi connectivity index (χ4n) is 2.09. The molecule has 1 aromatic rings. The molecule has 1 aromatic carbocycles. The van der Waals surface area contributed by atoms with Gasteiger partial charge in [-0.1, -0.05) is 30.3 Å². The van der Waals surface area contributed by atoms with Crippen molar-refractivity contribution in [2.45, 2.75) is 12.5 Å². The van der Waals surface area contributed by atoms with Gasteiger partial charge in [0.1, 0.15) is 6.04 Å². The van der Waals surface area contributed by atoms with E-state index in [4.69, 9.17) is 0 Å². The molecule has 1 heterocycles. The van der Waals surface area contributed by atoms with E-state index in [9.17, 15) is 19.5 Å². The normalized spacial score (nSPS) is 17.9. The van der Waals surface area contributed by atoms with E-state index in [0.717, 1.165) is 5.56 Å². The van der Waals surface area contributed by atoms with Crippen LogP contribution < -0.4 is 5.32 Å². The number of carboxylic acid groups (broad SMARTS) is 1. The number of rotatable bonds is 4. The summed E-state index contributed by atoms with van der Waals surface area (Å²) < 4.78 is 0. The minimum atomic E-state index is -1.04. The van der Waals surface area contributed by atoms with Crippen LogP contribution in [0.3, 0.4) is 0 Å². The maximum Gasteiger partial charge on any atom is 0.321 e. The van der Waals surface area contributed by atoms with Crippen molar-refractivity contribution in [3.05, 3.63) is 35.9 Å². The Balaban J connectivity index is 2.14. The van der Waals surface area contributed by atoms with Crippen LogP contribution in [0, 0.1) is 0 Å². The summed E-state index contributed by atoms with van der Waals surface area (Å²) in [5, 5.41) is 11.4. The number of hydrogen-bond acceptors (Lipinski definition) is 4. The third kappa shape index (κ3) is 3.38. The first-order chi connectivity index (χ1) is 9.06. The smallest absolute Gasteiger partial charge is 0.321 e. The van der Waals surface area contributed by atoms with Gasteiger partial charge in [0, 0.05) is 0 Å². The fraction of sp³-hybridized carbons (Fsp3) is 0.308. The fourth-order valence-corrected chi connectivity index (χ4v) is 2.09. The number of imide groups is 1. The molecule has 0 bridgehead atoms. The summed E-state index contributed by atoms with van der Waals surface area (Å²) >= 11 is 0. The number of aliphatic carboxylic acids is 1. The Hall–Kier alpha value is -2.21. The van der Waals surface area contributed by atoms with Crippen molar-refractivity contribution >= 4 is 17.8 Å². The lowest BCUT2D eigenvalue weighted by Crippen LogP contribution is -2.57. The Morgan fingerprint density at radius 1 is 1.21 bits per heavy atom. The first-order valence-corrected chi connectivity index (χ1v) is 5.89. The van der Waals surface area contributed by atoms with Crippen LogP contribution in [0.4, 0.5) is 0 Å². The summed E-state index contributed by atoms with van der Waals surface area (Å²) in [5.74, 6) is -1.96. The van der Waals surface area contributed by atoms with Crippen LogP contribution in [-0.4, -0.2) is 46.9 Å². The first kappa shape index (κ1) is 13.2. The molecule has 1 aliphatic heterocycles. The molecule has 100 valence electrons. The molecule has 0 saturated carbocycles. The predicted octanol–water partition coefficient (Wildman–Crippen LogP) is -0.359. The molecule has 2 amide bonds. The van der Waals surface area contributed by atoms with Crippen LogP contribution in [0.2, 0.25) is 0 Å². The van der Waals surface area contributed by atoms with Crippen molar-refractivity contribution in [3.8, 4) is 0 Å². The molecule has 19 heavy (non-hydrogen) atoms. The van der Waals surface area contributed by atoms with Gasteiger partial charge in [-0.15, -0.1) is 0 Å². The van der Waals surface area contributed by atoms with Gasteiger partial charge in [0.2, 0.25) is 11.8 Å². The summed E-state index contributed by atoms with van der Waals surface area (Å²) in [6.07, 6.45) is 0.261. The highest BCUT2D eigenvalue weighted by molar-refractivity contribution is 5.99. The second kappa shape index (κ2) is 5.62. The zero-order valence-electron chi connectivity index (χ0n) is 10.2. The molecule has 6 heteroatoms. The zero-order valence-corrected chi connectivity index (χ0v) is 10.2. The average molecular weight is 262 g/mol. The number of piperazine rings is 1. The molecule has 0 radical (unpaired) electrons. The monoisotopic (exact) mass is 262 g/mol. The van der Waals surface area contributed by atoms with E-state index >= 15 is 0 Å². The SMILES string of the molecule is O=C1CN(C(Cc2ccccc2)C(=O)O)CC(=O)N1. The molecule has 1 fully saturated rings. The molecule has 1 aliphatic rings. The Morgan fingerprint density at radius 3 is 2.32 bits per heavy atom. The molecular formula is C13H14N2O4. The number of carbonyl (C=O) groups excluding carboxylic acids is 2. The van der Waals surface area contributed by atoms with Crippen molar-refractivity contribution in [1.82, 2.24) is 10.2 Å². The topological polar surface area (TPSA) is 86.7 Å². The van der Waals surface area contributed by atoms with Gasteiger partial charge < -0.3 is 5.11 Å². The number of nitrogens with zero attached hydrogens (tertiary/aromatic N) is 1. The summed E-state index contributed by atoms with van der Waals surface area (Å²) in [5.41, 5.74) is 0.855. The third-order valence-electron chi connectivity index (χ3n) is 2.97. The summed E-state index contributed by atoms with van der Waals surface area (Å²) in [4.78, 5) is 35.3. The van der Waals surface area contributed by atoms with Gasteiger partial charge in [0.25, 0.3) is 0 Å². The van der Waals surface area contributed by atoms with Crippen molar-refractivity contribution in [1.29, 1.82) is 0 Å². The lowest BCUT2D eigenvalue weighted by Gasteiger charge is -2.30. The second-order valence-electron chi connectivity index (χ2n) is 4.42. The van der Waals surface area contributed by atoms with E-state index in [2.05, 4.69) is 5.32 Å². The zero-order chi connectivity index (χ0) is 13.8. The molecular weight excluding hydrogens is 248 g/mol. The quantitative estimate of drug-likeness (QED) is 0.724. The van der Waals surface area contributed by atoms with E-state index in [1.165, 1.54) is 4.90 Å². The number of carboxylic acids is 1. The average Bonchev–Trinajstić information content (AvgIpc) is 2.35. The van der Waals surface area contributed by atoms with Crippen molar-refractivity contribution in [2.75, 3.05) is 13.1 Å². The lowest BCUT2D eigenvalue weighted by molar-refractivity contribution is -0.146. The van der Waals surface area contributed by atoms with Crippen molar-refractivity contribution in [3.63, 3.8) is 0 Å². The van der Waals surface area contributed by atoms with Gasteiger partial charge in [-0.05, 0) is 12.0 Å². The van der Waals surface area contributed by atoms with Crippen LogP contribution in [0.5, 0.6) is 0 Å². The molecule has 1 unspecified atom stereocenters. The number of benzene rings is 1. The van der Waals surface area contributed by atoms with Gasteiger partial charge in [0.05, 0.1) is 13.1 Å². The molecule has 0 aliphatic carbocycles. The minimum Gasteiger partial charge on any atom is -0.480 e. The van der Waals surface area contributed by atoms with Gasteiger partial charge in [0.15, 0.2) is 0 Å². The van der Waals surface area contributed by atoms with Gasteiger partial charge in [-0.2, -0.15) is 0 Å². The first-order valence-electron chi connectivity index (χ1n) is 5.89. The number of nitrogens with one attached hydrogen (secondary N) is 1. The number of hydrogen-bond donors (Lipinski definition) is 2. The predicted molar refractivity (Wildman–Crippen MR) is 66.3 cm³/mol. The highest BCUT2D eigenvalue weighted by Gasteiger charge is 2.32. The molecule has 6 nitrogen and oxygen atoms in total. The van der Waals surface area contributed by atoms with Gasteiger partial charge >= 0.3 is 5.97 Å². The summed E-state index contributed by atoms with van der Waals surface area (Å²) in [7, 11) is 0. The van der Waals surface area contributed by atoms with E-state index in [0.29, 0.717) is 0 Å². The van der Waals surface area contributed by atoms with Crippen molar-refractivity contribution < 1.29 is 19.5 Å². The lowest BCUT2D eigenvalue weighted by atomic mass is 10.0. The van der Waals surface area contributed by atoms with Crippen LogP contribution in [-0.2, 0) is 20.8 Å². The Morgan fingerprint density at radius 2 is 1.79 bits per heavy atom. The highest BCUT2D eigenvalue weighted by Crippen LogP contribution is 2.11. The van der Waals surface area contributed by atoms with E-state index in [1.807, 2.05) is 30.3 Å². The third-order valence-corrected chi connectivity index (χ3v) is 2.97. The van der Waals surface area contributed by atoms with Gasteiger partial charge in [-0.25, -0.2) is 0 Å². The Bertz CT molecular complexity index is 485. The Kier molecular flexibility index (Phi) is 3.91. The van der Waals surface area contributed by atoms with Crippen molar-refractivity contribution in [2.24, 2.45) is 0 Å². The number of carbonyl (C=O) groups is 3. The maximum atomic E-state index is 11.3. The van der Waals surface area contributed by atoms with E-state index < -0.39 is 23.8 Å². The van der Waals surface area contributed by atoms with E-state index in [1.54, 1.807) is 0 Å². The summed E-state index contributed by atoms with van der Waals surface area (Å²) in [6, 6.07) is 8.25. The number of amides is 2. The molecule has 2 rings (SSSR count). The van der Waals surface area contributed by atoms with Crippen LogP contribution >= 0.6 is 0 Å². The second-order valence-corrected chi connectivity index (χ2v) is 4.42. The van der Waals surface area contributed by atoms with E-state index in [-0.39, 0.29) is 19.5 Å². The largest absolute Gasteiger partial charge is 0.480 e. The highest BCUT2D eigenvalue weighted by atomic mass is 16.4. The van der Waals surface area contributed by atoms with Crippen LogP contribution in [0.25, 0.3) is 0 Å². The van der Waals surface area contributed by atoms with Crippen LogP contribution in [0.15, 0.2) is 30.3 Å². The summed E-state index contributed by atoms with van der Waals surface area (Å²) in [6.45, 7) is -0.148. The van der Waals surface area contributed by atoms with Crippen LogP contribution in [0.1, 0.15) is 5.56 Å². The molecule has 1 saturated heterocycles. The molecule has 2 N–H and O–H groups in total. The maximum absolute atomic E-state index is 11.3. The molecule has 0 spiro atoms. The standard InChI is InChI=1S/C13H14N2O4/c16-11-7-15(8-12(17)14-11)10(13(18)19)6-9-4-2-1-3-5-9/h1-5,10H,6-8H2,(H,18,19)(H,14,16,17).